The molecule has 0 unspecified atom stereocenters. The lowest BCUT2D eigenvalue weighted by molar-refractivity contribution is 0.205. The third-order valence-electron chi connectivity index (χ3n) is 6.74. The van der Waals surface area contributed by atoms with Gasteiger partial charge in [-0.25, -0.2) is 14.5 Å². The summed E-state index contributed by atoms with van der Waals surface area (Å²) in [6.45, 7) is 5.10. The normalized spacial score (nSPS) is 15.4. The number of hydrogen-bond acceptors (Lipinski definition) is 5. The van der Waals surface area contributed by atoms with Crippen molar-refractivity contribution in [3.63, 3.8) is 0 Å². The van der Waals surface area contributed by atoms with E-state index in [2.05, 4.69) is 69.6 Å². The van der Waals surface area contributed by atoms with Crippen LogP contribution in [-0.2, 0) is 6.54 Å². The molecule has 2 aromatic carbocycles. The molecule has 34 heavy (non-hydrogen) atoms. The molecule has 2 N–H and O–H groups in total. The quantitative estimate of drug-likeness (QED) is 0.426. The van der Waals surface area contributed by atoms with Crippen LogP contribution in [-0.4, -0.2) is 43.6 Å². The van der Waals surface area contributed by atoms with Crippen molar-refractivity contribution in [2.75, 3.05) is 13.1 Å². The number of hydrogen-bond donors (Lipinski definition) is 1. The molecule has 0 amide bonds. The first kappa shape index (κ1) is 21.0. The first-order valence-electron chi connectivity index (χ1n) is 11.9. The molecule has 5 aromatic rings. The standard InChI is InChI=1S/C28H28N6/c1-19-15-27-30-17-25-26(34(27)32-19)16-24(28(31-25)22-5-3-2-4-6-22)21-9-7-20(8-10-21)18-33-13-11-23(29)12-14-33/h2-10,15-17,23H,11-14,18,29H2,1H3. The molecule has 170 valence electrons. The SMILES string of the molecule is Cc1cc2ncc3nc(-c4ccccc4)c(-c4ccc(CN5CCC(N)CC5)cc4)cc3n2n1. The number of nitrogens with zero attached hydrogens (tertiary/aromatic N) is 5. The van der Waals surface area contributed by atoms with Crippen LogP contribution in [0.25, 0.3) is 39.1 Å². The van der Waals surface area contributed by atoms with E-state index in [1.54, 1.807) is 0 Å². The number of fused-ring (bicyclic) bond motifs is 3. The van der Waals surface area contributed by atoms with E-state index < -0.39 is 0 Å². The van der Waals surface area contributed by atoms with E-state index in [1.807, 2.05) is 29.8 Å². The highest BCUT2D eigenvalue weighted by Crippen LogP contribution is 2.33. The highest BCUT2D eigenvalue weighted by molar-refractivity contribution is 5.90. The second-order valence-electron chi connectivity index (χ2n) is 9.28. The zero-order valence-corrected chi connectivity index (χ0v) is 19.4. The summed E-state index contributed by atoms with van der Waals surface area (Å²) in [4.78, 5) is 12.1. The Morgan fingerprint density at radius 2 is 1.71 bits per heavy atom. The Hall–Kier alpha value is -3.61. The van der Waals surface area contributed by atoms with Gasteiger partial charge in [0, 0.05) is 29.8 Å². The Bertz CT molecular complexity index is 1450. The van der Waals surface area contributed by atoms with E-state index >= 15 is 0 Å². The molecule has 0 aliphatic carbocycles. The summed E-state index contributed by atoms with van der Waals surface area (Å²) < 4.78 is 1.89. The lowest BCUT2D eigenvalue weighted by Gasteiger charge is -2.30. The third-order valence-corrected chi connectivity index (χ3v) is 6.74. The van der Waals surface area contributed by atoms with E-state index in [-0.39, 0.29) is 0 Å². The van der Waals surface area contributed by atoms with Gasteiger partial charge in [0.1, 0.15) is 5.52 Å². The number of likely N-dealkylation sites (tertiary alicyclic amines) is 1. The number of aromatic nitrogens is 4. The fraction of sp³-hybridized carbons (Fsp3) is 0.250. The average molecular weight is 449 g/mol. The van der Waals surface area contributed by atoms with Crippen LogP contribution in [0.5, 0.6) is 0 Å². The summed E-state index contributed by atoms with van der Waals surface area (Å²) >= 11 is 0. The van der Waals surface area contributed by atoms with Crippen LogP contribution in [0, 0.1) is 6.92 Å². The minimum atomic E-state index is 0.357. The van der Waals surface area contributed by atoms with Crippen molar-refractivity contribution in [2.45, 2.75) is 32.4 Å². The number of pyridine rings is 1. The van der Waals surface area contributed by atoms with Crippen LogP contribution in [0.3, 0.4) is 0 Å². The Kier molecular flexibility index (Phi) is 5.32. The van der Waals surface area contributed by atoms with Crippen molar-refractivity contribution >= 4 is 16.7 Å². The molecule has 6 nitrogen and oxygen atoms in total. The zero-order chi connectivity index (χ0) is 23.1. The van der Waals surface area contributed by atoms with Gasteiger partial charge in [-0.3, -0.25) is 4.90 Å². The molecule has 0 atom stereocenters. The van der Waals surface area contributed by atoms with Gasteiger partial charge in [-0.1, -0.05) is 54.6 Å². The molecule has 0 radical (unpaired) electrons. The molecule has 0 bridgehead atoms. The van der Waals surface area contributed by atoms with Crippen molar-refractivity contribution in [3.05, 3.63) is 84.2 Å². The summed E-state index contributed by atoms with van der Waals surface area (Å²) in [5.74, 6) is 0. The number of nitrogens with two attached hydrogens (primary N) is 1. The Morgan fingerprint density at radius 3 is 2.47 bits per heavy atom. The van der Waals surface area contributed by atoms with Crippen molar-refractivity contribution in [2.24, 2.45) is 5.73 Å². The van der Waals surface area contributed by atoms with Gasteiger partial charge in [0.05, 0.1) is 23.1 Å². The zero-order valence-electron chi connectivity index (χ0n) is 19.4. The second kappa shape index (κ2) is 8.63. The van der Waals surface area contributed by atoms with Gasteiger partial charge < -0.3 is 5.73 Å². The summed E-state index contributed by atoms with van der Waals surface area (Å²) in [5.41, 5.74) is 15.2. The molecule has 0 saturated carbocycles. The van der Waals surface area contributed by atoms with Crippen molar-refractivity contribution in [1.82, 2.24) is 24.5 Å². The largest absolute Gasteiger partial charge is 0.328 e. The van der Waals surface area contributed by atoms with Gasteiger partial charge in [0.25, 0.3) is 0 Å². The number of benzene rings is 2. The average Bonchev–Trinajstić information content (AvgIpc) is 3.26. The van der Waals surface area contributed by atoms with Gasteiger partial charge in [0.2, 0.25) is 0 Å². The van der Waals surface area contributed by atoms with Crippen molar-refractivity contribution in [1.29, 1.82) is 0 Å². The van der Waals surface area contributed by atoms with E-state index in [0.717, 1.165) is 77.2 Å². The Balaban J connectivity index is 1.43. The first-order valence-corrected chi connectivity index (χ1v) is 11.9. The van der Waals surface area contributed by atoms with Crippen LogP contribution >= 0.6 is 0 Å². The molecule has 1 saturated heterocycles. The lowest BCUT2D eigenvalue weighted by Crippen LogP contribution is -2.39. The highest BCUT2D eigenvalue weighted by atomic mass is 15.3. The molecule has 4 heterocycles. The summed E-state index contributed by atoms with van der Waals surface area (Å²) in [6, 6.07) is 23.8. The van der Waals surface area contributed by atoms with Crippen molar-refractivity contribution < 1.29 is 0 Å². The number of piperidine rings is 1. The molecule has 6 rings (SSSR count). The predicted molar refractivity (Wildman–Crippen MR) is 136 cm³/mol. The number of aryl methyl sites for hydroxylation is 1. The Morgan fingerprint density at radius 1 is 0.941 bits per heavy atom. The molecule has 1 aliphatic rings. The highest BCUT2D eigenvalue weighted by Gasteiger charge is 2.17. The van der Waals surface area contributed by atoms with Gasteiger partial charge in [-0.15, -0.1) is 0 Å². The van der Waals surface area contributed by atoms with Gasteiger partial charge in [-0.05, 0) is 50.0 Å². The monoisotopic (exact) mass is 448 g/mol. The van der Waals surface area contributed by atoms with Crippen molar-refractivity contribution in [3.8, 4) is 22.4 Å². The molecule has 1 fully saturated rings. The van der Waals surface area contributed by atoms with Gasteiger partial charge in [-0.2, -0.15) is 5.10 Å². The van der Waals surface area contributed by atoms with E-state index in [4.69, 9.17) is 10.7 Å². The molecular weight excluding hydrogens is 420 g/mol. The minimum absolute atomic E-state index is 0.357. The number of rotatable bonds is 4. The third kappa shape index (κ3) is 3.95. The smallest absolute Gasteiger partial charge is 0.156 e. The van der Waals surface area contributed by atoms with Crippen LogP contribution in [0.4, 0.5) is 0 Å². The predicted octanol–water partition coefficient (Wildman–Crippen LogP) is 4.84. The fourth-order valence-corrected chi connectivity index (χ4v) is 4.86. The maximum Gasteiger partial charge on any atom is 0.156 e. The van der Waals surface area contributed by atoms with E-state index in [0.29, 0.717) is 6.04 Å². The fourth-order valence-electron chi connectivity index (χ4n) is 4.86. The topological polar surface area (TPSA) is 72.3 Å². The summed E-state index contributed by atoms with van der Waals surface area (Å²) in [7, 11) is 0. The summed E-state index contributed by atoms with van der Waals surface area (Å²) in [6.07, 6.45) is 4.00. The van der Waals surface area contributed by atoms with Crippen LogP contribution in [0.2, 0.25) is 0 Å². The van der Waals surface area contributed by atoms with Crippen LogP contribution < -0.4 is 5.73 Å². The minimum Gasteiger partial charge on any atom is -0.328 e. The molecule has 6 heteroatoms. The van der Waals surface area contributed by atoms with E-state index in [9.17, 15) is 0 Å². The lowest BCUT2D eigenvalue weighted by atomic mass is 9.97. The maximum atomic E-state index is 6.07. The van der Waals surface area contributed by atoms with Crippen LogP contribution in [0.1, 0.15) is 24.1 Å². The van der Waals surface area contributed by atoms with Crippen LogP contribution in [0.15, 0.2) is 72.9 Å². The van der Waals surface area contributed by atoms with Gasteiger partial charge in [0.15, 0.2) is 5.65 Å². The summed E-state index contributed by atoms with van der Waals surface area (Å²) in [5, 5.41) is 4.66. The molecule has 0 spiro atoms. The van der Waals surface area contributed by atoms with E-state index in [1.165, 1.54) is 5.56 Å². The van der Waals surface area contributed by atoms with Gasteiger partial charge >= 0.3 is 0 Å². The molecular formula is C28H28N6. The maximum absolute atomic E-state index is 6.07. The second-order valence-corrected chi connectivity index (χ2v) is 9.28. The molecule has 1 aliphatic heterocycles. The molecule has 3 aromatic heterocycles. The first-order chi connectivity index (χ1) is 16.6. The Labute approximate surface area is 199 Å².